The lowest BCUT2D eigenvalue weighted by molar-refractivity contribution is -0.115. The molecule has 0 saturated heterocycles. The van der Waals surface area contributed by atoms with Gasteiger partial charge in [-0.1, -0.05) is 30.3 Å². The lowest BCUT2D eigenvalue weighted by atomic mass is 10.2. The Bertz CT molecular complexity index is 620. The van der Waals surface area contributed by atoms with Crippen LogP contribution in [0.15, 0.2) is 59.5 Å². The van der Waals surface area contributed by atoms with Crippen LogP contribution in [0.3, 0.4) is 0 Å². The maximum atomic E-state index is 11.8. The van der Waals surface area contributed by atoms with Gasteiger partial charge < -0.3 is 5.32 Å². The number of carbonyl (C=O) groups is 1. The first-order chi connectivity index (χ1) is 9.79. The molecule has 2 aromatic rings. The Morgan fingerprint density at radius 2 is 1.80 bits per heavy atom. The van der Waals surface area contributed by atoms with Crippen LogP contribution in [0.25, 0.3) is 0 Å². The Balaban J connectivity index is 1.83. The summed E-state index contributed by atoms with van der Waals surface area (Å²) in [4.78, 5) is 13.0. The van der Waals surface area contributed by atoms with E-state index in [4.69, 9.17) is 5.26 Å². The molecule has 1 amide bonds. The van der Waals surface area contributed by atoms with Crippen molar-refractivity contribution in [1.82, 2.24) is 0 Å². The van der Waals surface area contributed by atoms with E-state index >= 15 is 0 Å². The van der Waals surface area contributed by atoms with Crippen molar-refractivity contribution >= 4 is 23.4 Å². The fourth-order valence-electron chi connectivity index (χ4n) is 1.68. The predicted octanol–water partition coefficient (Wildman–Crippen LogP) is 3.68. The molecule has 0 bridgehead atoms. The van der Waals surface area contributed by atoms with Crippen LogP contribution in [0.2, 0.25) is 0 Å². The van der Waals surface area contributed by atoms with Crippen molar-refractivity contribution in [3.63, 3.8) is 0 Å². The van der Waals surface area contributed by atoms with E-state index in [1.807, 2.05) is 30.3 Å². The molecule has 0 aliphatic rings. The molecule has 4 heteroatoms. The van der Waals surface area contributed by atoms with Gasteiger partial charge in [0.05, 0.1) is 11.3 Å². The van der Waals surface area contributed by atoms with Crippen molar-refractivity contribution in [3.05, 3.63) is 60.2 Å². The van der Waals surface area contributed by atoms with Gasteiger partial charge in [0.15, 0.2) is 0 Å². The third kappa shape index (κ3) is 4.15. The lowest BCUT2D eigenvalue weighted by Crippen LogP contribution is -2.13. The highest BCUT2D eigenvalue weighted by Crippen LogP contribution is 2.18. The highest BCUT2D eigenvalue weighted by molar-refractivity contribution is 7.99. The molecule has 0 unspecified atom stereocenters. The van der Waals surface area contributed by atoms with Gasteiger partial charge in [0.1, 0.15) is 6.07 Å². The zero-order valence-electron chi connectivity index (χ0n) is 10.9. The average Bonchev–Trinajstić information content (AvgIpc) is 2.49. The first kappa shape index (κ1) is 14.2. The zero-order valence-corrected chi connectivity index (χ0v) is 11.7. The molecule has 1 N–H and O–H groups in total. The minimum atomic E-state index is -0.0730. The maximum Gasteiger partial charge on any atom is 0.225 e. The fraction of sp³-hybridized carbons (Fsp3) is 0.125. The minimum absolute atomic E-state index is 0.0730. The van der Waals surface area contributed by atoms with Gasteiger partial charge in [-0.05, 0) is 24.3 Å². The van der Waals surface area contributed by atoms with Crippen LogP contribution < -0.4 is 5.32 Å². The number of rotatable bonds is 5. The number of hydrogen-bond acceptors (Lipinski definition) is 3. The molecule has 0 aromatic heterocycles. The summed E-state index contributed by atoms with van der Waals surface area (Å²) in [5, 5.41) is 11.7. The van der Waals surface area contributed by atoms with Crippen molar-refractivity contribution < 1.29 is 4.79 Å². The number of benzene rings is 2. The fourth-order valence-corrected chi connectivity index (χ4v) is 2.55. The summed E-state index contributed by atoms with van der Waals surface area (Å²) in [6.45, 7) is 0. The van der Waals surface area contributed by atoms with Crippen LogP contribution in [0, 0.1) is 11.3 Å². The van der Waals surface area contributed by atoms with Crippen LogP contribution in [-0.4, -0.2) is 11.7 Å². The molecule has 20 heavy (non-hydrogen) atoms. The second kappa shape index (κ2) is 7.37. The van der Waals surface area contributed by atoms with Gasteiger partial charge in [-0.15, -0.1) is 11.8 Å². The first-order valence-corrected chi connectivity index (χ1v) is 7.25. The second-order valence-electron chi connectivity index (χ2n) is 4.12. The largest absolute Gasteiger partial charge is 0.325 e. The summed E-state index contributed by atoms with van der Waals surface area (Å²) >= 11 is 1.64. The number of nitriles is 1. The van der Waals surface area contributed by atoms with Crippen molar-refractivity contribution in [3.8, 4) is 6.07 Å². The standard InChI is InChI=1S/C16H14N2OS/c17-12-13-6-4-5-9-15(13)18-16(19)10-11-20-14-7-2-1-3-8-14/h1-9H,10-11H2,(H,18,19). The van der Waals surface area contributed by atoms with Crippen LogP contribution in [0.5, 0.6) is 0 Å². The van der Waals surface area contributed by atoms with Crippen LogP contribution in [0.1, 0.15) is 12.0 Å². The molecule has 3 nitrogen and oxygen atoms in total. The Morgan fingerprint density at radius 3 is 2.55 bits per heavy atom. The number of amides is 1. The van der Waals surface area contributed by atoms with E-state index in [9.17, 15) is 4.79 Å². The highest BCUT2D eigenvalue weighted by atomic mass is 32.2. The summed E-state index contributed by atoms with van der Waals surface area (Å²) in [6.07, 6.45) is 0.416. The molecule has 0 fully saturated rings. The van der Waals surface area contributed by atoms with E-state index in [-0.39, 0.29) is 5.91 Å². The van der Waals surface area contributed by atoms with Crippen molar-refractivity contribution in [2.24, 2.45) is 0 Å². The van der Waals surface area contributed by atoms with E-state index in [2.05, 4.69) is 11.4 Å². The van der Waals surface area contributed by atoms with Crippen molar-refractivity contribution in [1.29, 1.82) is 5.26 Å². The van der Waals surface area contributed by atoms with E-state index in [0.717, 1.165) is 4.90 Å². The SMILES string of the molecule is N#Cc1ccccc1NC(=O)CCSc1ccccc1. The second-order valence-corrected chi connectivity index (χ2v) is 5.29. The van der Waals surface area contributed by atoms with Gasteiger partial charge in [-0.2, -0.15) is 5.26 Å². The Labute approximate surface area is 122 Å². The lowest BCUT2D eigenvalue weighted by Gasteiger charge is -2.06. The van der Waals surface area contributed by atoms with Crippen LogP contribution in [-0.2, 0) is 4.79 Å². The highest BCUT2D eigenvalue weighted by Gasteiger charge is 2.06. The van der Waals surface area contributed by atoms with Gasteiger partial charge in [0.25, 0.3) is 0 Å². The molecular formula is C16H14N2OS. The number of carbonyl (C=O) groups excluding carboxylic acids is 1. The molecular weight excluding hydrogens is 268 g/mol. The number of para-hydroxylation sites is 1. The van der Waals surface area contributed by atoms with E-state index in [1.165, 1.54) is 0 Å². The molecule has 0 saturated carbocycles. The zero-order chi connectivity index (χ0) is 14.2. The van der Waals surface area contributed by atoms with Crippen LogP contribution >= 0.6 is 11.8 Å². The average molecular weight is 282 g/mol. The number of thioether (sulfide) groups is 1. The third-order valence-electron chi connectivity index (χ3n) is 2.66. The molecule has 0 spiro atoms. The quantitative estimate of drug-likeness (QED) is 0.851. The predicted molar refractivity (Wildman–Crippen MR) is 81.6 cm³/mol. The summed E-state index contributed by atoms with van der Waals surface area (Å²) < 4.78 is 0. The number of anilines is 1. The Kier molecular flexibility index (Phi) is 5.22. The van der Waals surface area contributed by atoms with Gasteiger partial charge >= 0.3 is 0 Å². The molecule has 0 radical (unpaired) electrons. The van der Waals surface area contributed by atoms with Gasteiger partial charge in [-0.3, -0.25) is 4.79 Å². The van der Waals surface area contributed by atoms with E-state index in [0.29, 0.717) is 23.4 Å². The van der Waals surface area contributed by atoms with Gasteiger partial charge in [0, 0.05) is 17.1 Å². The maximum absolute atomic E-state index is 11.8. The first-order valence-electron chi connectivity index (χ1n) is 6.26. The van der Waals surface area contributed by atoms with Crippen molar-refractivity contribution in [2.45, 2.75) is 11.3 Å². The molecule has 0 aliphatic carbocycles. The van der Waals surface area contributed by atoms with E-state index in [1.54, 1.807) is 36.0 Å². The Morgan fingerprint density at radius 1 is 1.10 bits per heavy atom. The van der Waals surface area contributed by atoms with Crippen molar-refractivity contribution in [2.75, 3.05) is 11.1 Å². The summed E-state index contributed by atoms with van der Waals surface area (Å²) in [5.74, 6) is 0.640. The molecule has 2 aromatic carbocycles. The summed E-state index contributed by atoms with van der Waals surface area (Å²) in [6, 6.07) is 19.0. The normalized spacial score (nSPS) is 9.75. The van der Waals surface area contributed by atoms with E-state index < -0.39 is 0 Å². The minimum Gasteiger partial charge on any atom is -0.325 e. The molecule has 0 atom stereocenters. The molecule has 0 heterocycles. The third-order valence-corrected chi connectivity index (χ3v) is 3.68. The molecule has 2 rings (SSSR count). The Hall–Kier alpha value is -2.25. The molecule has 0 aliphatic heterocycles. The van der Waals surface area contributed by atoms with Gasteiger partial charge in [-0.25, -0.2) is 0 Å². The number of nitrogens with zero attached hydrogens (tertiary/aromatic N) is 1. The summed E-state index contributed by atoms with van der Waals surface area (Å²) in [7, 11) is 0. The van der Waals surface area contributed by atoms with Crippen LogP contribution in [0.4, 0.5) is 5.69 Å². The van der Waals surface area contributed by atoms with Gasteiger partial charge in [0.2, 0.25) is 5.91 Å². The smallest absolute Gasteiger partial charge is 0.225 e. The topological polar surface area (TPSA) is 52.9 Å². The number of nitrogens with one attached hydrogen (secondary N) is 1. The molecule has 100 valence electrons. The number of hydrogen-bond donors (Lipinski definition) is 1. The summed E-state index contributed by atoms with van der Waals surface area (Å²) in [5.41, 5.74) is 1.06. The monoisotopic (exact) mass is 282 g/mol.